The van der Waals surface area contributed by atoms with Crippen molar-refractivity contribution in [1.29, 1.82) is 0 Å². The van der Waals surface area contributed by atoms with Crippen molar-refractivity contribution in [2.45, 2.75) is 20.0 Å². The second-order valence-corrected chi connectivity index (χ2v) is 2.89. The minimum absolute atomic E-state index is 0.228. The number of epoxide rings is 1. The molecule has 1 heterocycles. The lowest BCUT2D eigenvalue weighted by atomic mass is 10.1. The van der Waals surface area contributed by atoms with E-state index in [2.05, 4.69) is 0 Å². The van der Waals surface area contributed by atoms with Crippen LogP contribution in [0.3, 0.4) is 0 Å². The zero-order valence-corrected chi connectivity index (χ0v) is 6.70. The highest BCUT2D eigenvalue weighted by molar-refractivity contribution is 5.85. The Bertz CT molecular complexity index is 192. The fourth-order valence-corrected chi connectivity index (χ4v) is 0.932. The van der Waals surface area contributed by atoms with E-state index in [-0.39, 0.29) is 12.0 Å². The molecule has 1 fully saturated rings. The van der Waals surface area contributed by atoms with Gasteiger partial charge < -0.3 is 9.84 Å². The van der Waals surface area contributed by atoms with E-state index in [0.29, 0.717) is 5.57 Å². The number of carboxylic acid groups (broad SMARTS) is 1. The normalized spacial score (nSPS) is 26.4. The Balaban J connectivity index is 2.48. The Kier molecular flexibility index (Phi) is 2.29. The molecule has 1 N–H and O–H groups in total. The highest BCUT2D eigenvalue weighted by Gasteiger charge is 2.28. The van der Waals surface area contributed by atoms with E-state index in [1.165, 1.54) is 0 Å². The number of hydrogen-bond acceptors (Lipinski definition) is 2. The van der Waals surface area contributed by atoms with Crippen LogP contribution in [0.25, 0.3) is 0 Å². The quantitative estimate of drug-likeness (QED) is 0.491. The fraction of sp³-hybridized carbons (Fsp3) is 0.625. The molecular formula is C8H12O3. The summed E-state index contributed by atoms with van der Waals surface area (Å²) < 4.78 is 5.01. The summed E-state index contributed by atoms with van der Waals surface area (Å²) in [5.41, 5.74) is 0.396. The average molecular weight is 156 g/mol. The third kappa shape index (κ3) is 2.35. The molecule has 0 radical (unpaired) electrons. The summed E-state index contributed by atoms with van der Waals surface area (Å²) in [4.78, 5) is 10.4. The number of rotatable bonds is 3. The number of hydrogen-bond donors (Lipinski definition) is 1. The van der Waals surface area contributed by atoms with Gasteiger partial charge in [-0.15, -0.1) is 0 Å². The van der Waals surface area contributed by atoms with Crippen molar-refractivity contribution in [2.24, 2.45) is 5.92 Å². The maximum atomic E-state index is 10.4. The van der Waals surface area contributed by atoms with Crippen LogP contribution in [0, 0.1) is 5.92 Å². The Labute approximate surface area is 65.7 Å². The van der Waals surface area contributed by atoms with Crippen LogP contribution in [-0.4, -0.2) is 23.8 Å². The predicted molar refractivity (Wildman–Crippen MR) is 40.3 cm³/mol. The van der Waals surface area contributed by atoms with Gasteiger partial charge in [0.05, 0.1) is 12.7 Å². The zero-order valence-electron chi connectivity index (χ0n) is 6.70. The number of ether oxygens (including phenoxy) is 1. The summed E-state index contributed by atoms with van der Waals surface area (Å²) in [6.45, 7) is 4.33. The average Bonchev–Trinajstić information content (AvgIpc) is 2.67. The molecule has 11 heavy (non-hydrogen) atoms. The van der Waals surface area contributed by atoms with Crippen molar-refractivity contribution < 1.29 is 14.6 Å². The molecule has 1 saturated heterocycles. The lowest BCUT2D eigenvalue weighted by Crippen LogP contribution is -2.04. The third-order valence-corrected chi connectivity index (χ3v) is 1.80. The predicted octanol–water partition coefficient (Wildman–Crippen LogP) is 1.05. The van der Waals surface area contributed by atoms with Gasteiger partial charge in [-0.3, -0.25) is 0 Å². The van der Waals surface area contributed by atoms with Gasteiger partial charge in [-0.1, -0.05) is 13.0 Å². The molecule has 1 aliphatic rings. The van der Waals surface area contributed by atoms with Crippen LogP contribution in [0.1, 0.15) is 13.8 Å². The van der Waals surface area contributed by atoms with Crippen LogP contribution < -0.4 is 0 Å². The molecule has 0 spiro atoms. The lowest BCUT2D eigenvalue weighted by Gasteiger charge is -2.00. The smallest absolute Gasteiger partial charge is 0.330 e. The first-order valence-electron chi connectivity index (χ1n) is 3.64. The Hall–Kier alpha value is -0.830. The molecule has 1 aliphatic heterocycles. The fourth-order valence-electron chi connectivity index (χ4n) is 0.932. The van der Waals surface area contributed by atoms with Crippen molar-refractivity contribution in [3.63, 3.8) is 0 Å². The molecule has 0 saturated carbocycles. The summed E-state index contributed by atoms with van der Waals surface area (Å²) in [5, 5.41) is 8.52. The van der Waals surface area contributed by atoms with Crippen LogP contribution in [0.2, 0.25) is 0 Å². The van der Waals surface area contributed by atoms with Gasteiger partial charge in [0, 0.05) is 11.5 Å². The van der Waals surface area contributed by atoms with E-state index < -0.39 is 5.97 Å². The Morgan fingerprint density at radius 2 is 2.36 bits per heavy atom. The van der Waals surface area contributed by atoms with E-state index in [1.807, 2.05) is 6.92 Å². The SMILES string of the molecule is C/C(=C\C(C)[C@@H]1CO1)C(=O)O. The van der Waals surface area contributed by atoms with Gasteiger partial charge in [-0.2, -0.15) is 0 Å². The molecule has 0 bridgehead atoms. The second-order valence-electron chi connectivity index (χ2n) is 2.89. The maximum Gasteiger partial charge on any atom is 0.330 e. The second kappa shape index (κ2) is 3.05. The molecule has 0 aromatic heterocycles. The van der Waals surface area contributed by atoms with Crippen molar-refractivity contribution in [1.82, 2.24) is 0 Å². The molecule has 62 valence electrons. The highest BCUT2D eigenvalue weighted by Crippen LogP contribution is 2.21. The van der Waals surface area contributed by atoms with Gasteiger partial charge in [0.1, 0.15) is 0 Å². The minimum Gasteiger partial charge on any atom is -0.478 e. The maximum absolute atomic E-state index is 10.4. The van der Waals surface area contributed by atoms with Crippen molar-refractivity contribution in [3.8, 4) is 0 Å². The molecule has 0 aromatic carbocycles. The van der Waals surface area contributed by atoms with Gasteiger partial charge in [0.25, 0.3) is 0 Å². The van der Waals surface area contributed by atoms with Gasteiger partial charge >= 0.3 is 5.97 Å². The number of aliphatic carboxylic acids is 1. The molecule has 0 aromatic rings. The summed E-state index contributed by atoms with van der Waals surface area (Å²) in [6, 6.07) is 0. The van der Waals surface area contributed by atoms with Crippen LogP contribution in [0.4, 0.5) is 0 Å². The topological polar surface area (TPSA) is 49.8 Å². The molecule has 0 amide bonds. The van der Waals surface area contributed by atoms with E-state index >= 15 is 0 Å². The van der Waals surface area contributed by atoms with E-state index in [9.17, 15) is 4.79 Å². The van der Waals surface area contributed by atoms with Gasteiger partial charge in [0.2, 0.25) is 0 Å². The highest BCUT2D eigenvalue weighted by atomic mass is 16.6. The third-order valence-electron chi connectivity index (χ3n) is 1.80. The summed E-state index contributed by atoms with van der Waals surface area (Å²) >= 11 is 0. The first-order chi connectivity index (χ1) is 5.11. The Morgan fingerprint density at radius 1 is 1.82 bits per heavy atom. The molecule has 0 aliphatic carbocycles. The minimum atomic E-state index is -0.850. The van der Waals surface area contributed by atoms with E-state index in [1.54, 1.807) is 13.0 Å². The van der Waals surface area contributed by atoms with Crippen LogP contribution in [0.5, 0.6) is 0 Å². The molecule has 3 heteroatoms. The summed E-state index contributed by atoms with van der Waals surface area (Å²) in [5.74, 6) is -0.622. The standard InChI is InChI=1S/C8H12O3/c1-5(7-4-11-7)3-6(2)8(9)10/h3,5,7H,4H2,1-2H3,(H,9,10)/b6-3+/t5?,7-/m0/s1. The van der Waals surface area contributed by atoms with Crippen molar-refractivity contribution >= 4 is 5.97 Å². The van der Waals surface area contributed by atoms with Crippen molar-refractivity contribution in [3.05, 3.63) is 11.6 Å². The largest absolute Gasteiger partial charge is 0.478 e. The van der Waals surface area contributed by atoms with Crippen LogP contribution in [-0.2, 0) is 9.53 Å². The molecular weight excluding hydrogens is 144 g/mol. The van der Waals surface area contributed by atoms with Crippen LogP contribution >= 0.6 is 0 Å². The molecule has 2 atom stereocenters. The first kappa shape index (κ1) is 8.27. The lowest BCUT2D eigenvalue weighted by molar-refractivity contribution is -0.132. The van der Waals surface area contributed by atoms with Gasteiger partial charge in [-0.25, -0.2) is 4.79 Å². The zero-order chi connectivity index (χ0) is 8.43. The summed E-state index contributed by atoms with van der Waals surface area (Å²) in [7, 11) is 0. The number of carboxylic acids is 1. The van der Waals surface area contributed by atoms with Gasteiger partial charge in [0.15, 0.2) is 0 Å². The summed E-state index contributed by atoms with van der Waals surface area (Å²) in [6.07, 6.45) is 1.99. The van der Waals surface area contributed by atoms with E-state index in [0.717, 1.165) is 6.61 Å². The molecule has 3 nitrogen and oxygen atoms in total. The molecule has 1 unspecified atom stereocenters. The van der Waals surface area contributed by atoms with Crippen LogP contribution in [0.15, 0.2) is 11.6 Å². The van der Waals surface area contributed by atoms with E-state index in [4.69, 9.17) is 9.84 Å². The van der Waals surface area contributed by atoms with Crippen molar-refractivity contribution in [2.75, 3.05) is 6.61 Å². The number of carbonyl (C=O) groups is 1. The first-order valence-corrected chi connectivity index (χ1v) is 3.64. The monoisotopic (exact) mass is 156 g/mol. The van der Waals surface area contributed by atoms with Gasteiger partial charge in [-0.05, 0) is 6.92 Å². The Morgan fingerprint density at radius 3 is 2.73 bits per heavy atom. The molecule has 1 rings (SSSR count).